The van der Waals surface area contributed by atoms with Gasteiger partial charge in [0.05, 0.1) is 6.54 Å². The van der Waals surface area contributed by atoms with Crippen molar-refractivity contribution in [3.05, 3.63) is 0 Å². The van der Waals surface area contributed by atoms with Crippen LogP contribution in [0, 0.1) is 0 Å². The fraction of sp³-hybridized carbons (Fsp3) is 1.00. The summed E-state index contributed by atoms with van der Waals surface area (Å²) in [6.07, 6.45) is -3.02. The van der Waals surface area contributed by atoms with E-state index in [1.165, 1.54) is 11.9 Å². The monoisotopic (exact) mass is 239 g/mol. The molecule has 1 N–H and O–H groups in total. The van der Waals surface area contributed by atoms with Crippen molar-refractivity contribution in [2.24, 2.45) is 0 Å². The summed E-state index contributed by atoms with van der Waals surface area (Å²) in [4.78, 5) is 3.55. The lowest BCUT2D eigenvalue weighted by molar-refractivity contribution is -0.143. The van der Waals surface area contributed by atoms with E-state index in [1.54, 1.807) is 0 Å². The maximum absolute atomic E-state index is 12.1. The molecule has 96 valence electrons. The van der Waals surface area contributed by atoms with Crippen LogP contribution in [0.1, 0.15) is 6.42 Å². The standard InChI is InChI=1S/C10H20F3N3/c1-15(9-10(11,12)13)7-8-16-5-2-3-14-4-6-16/h14H,2-9H2,1H3. The molecule has 0 unspecified atom stereocenters. The van der Waals surface area contributed by atoms with E-state index in [2.05, 4.69) is 10.2 Å². The normalized spacial score (nSPS) is 20.1. The van der Waals surface area contributed by atoms with Gasteiger partial charge in [-0.05, 0) is 26.6 Å². The molecule has 0 spiro atoms. The molecule has 0 aromatic carbocycles. The first kappa shape index (κ1) is 13.7. The highest BCUT2D eigenvalue weighted by Crippen LogP contribution is 2.15. The van der Waals surface area contributed by atoms with Crippen LogP contribution in [-0.2, 0) is 0 Å². The number of rotatable bonds is 4. The number of hydrogen-bond donors (Lipinski definition) is 1. The first-order valence-electron chi connectivity index (χ1n) is 5.66. The second-order valence-electron chi connectivity index (χ2n) is 4.30. The van der Waals surface area contributed by atoms with Crippen LogP contribution in [-0.4, -0.2) is 68.8 Å². The van der Waals surface area contributed by atoms with Gasteiger partial charge in [0.25, 0.3) is 0 Å². The van der Waals surface area contributed by atoms with Gasteiger partial charge in [0.15, 0.2) is 0 Å². The third-order valence-electron chi connectivity index (χ3n) is 2.68. The summed E-state index contributed by atoms with van der Waals surface area (Å²) in [5.74, 6) is 0. The van der Waals surface area contributed by atoms with E-state index in [4.69, 9.17) is 0 Å². The molecule has 0 saturated carbocycles. The lowest BCUT2D eigenvalue weighted by Crippen LogP contribution is -2.38. The molecule has 1 aliphatic rings. The summed E-state index contributed by atoms with van der Waals surface area (Å²) in [6.45, 7) is 4.22. The summed E-state index contributed by atoms with van der Waals surface area (Å²) >= 11 is 0. The van der Waals surface area contributed by atoms with Crippen LogP contribution < -0.4 is 5.32 Å². The number of alkyl halides is 3. The third kappa shape index (κ3) is 6.30. The number of likely N-dealkylation sites (N-methyl/N-ethyl adjacent to an activating group) is 1. The predicted octanol–water partition coefficient (Wildman–Crippen LogP) is 0.776. The molecule has 0 radical (unpaired) electrons. The molecule has 3 nitrogen and oxygen atoms in total. The Bertz CT molecular complexity index is 188. The van der Waals surface area contributed by atoms with Crippen molar-refractivity contribution in [2.45, 2.75) is 12.6 Å². The molecule has 1 rings (SSSR count). The highest BCUT2D eigenvalue weighted by Gasteiger charge is 2.29. The molecular formula is C10H20F3N3. The number of nitrogens with zero attached hydrogens (tertiary/aromatic N) is 2. The van der Waals surface area contributed by atoms with Crippen LogP contribution >= 0.6 is 0 Å². The average molecular weight is 239 g/mol. The van der Waals surface area contributed by atoms with Crippen molar-refractivity contribution in [1.29, 1.82) is 0 Å². The van der Waals surface area contributed by atoms with Gasteiger partial charge in [0.1, 0.15) is 0 Å². The first-order valence-corrected chi connectivity index (χ1v) is 5.66. The Labute approximate surface area is 94.6 Å². The number of hydrogen-bond acceptors (Lipinski definition) is 3. The van der Waals surface area contributed by atoms with Crippen LogP contribution in [0.2, 0.25) is 0 Å². The molecule has 0 bridgehead atoms. The Morgan fingerprint density at radius 3 is 2.69 bits per heavy atom. The Morgan fingerprint density at radius 2 is 2.00 bits per heavy atom. The van der Waals surface area contributed by atoms with Crippen molar-refractivity contribution >= 4 is 0 Å². The minimum Gasteiger partial charge on any atom is -0.315 e. The van der Waals surface area contributed by atoms with Crippen molar-refractivity contribution in [1.82, 2.24) is 15.1 Å². The van der Waals surface area contributed by atoms with Crippen LogP contribution in [0.5, 0.6) is 0 Å². The van der Waals surface area contributed by atoms with Crippen molar-refractivity contribution in [2.75, 3.05) is 52.9 Å². The predicted molar refractivity (Wildman–Crippen MR) is 57.5 cm³/mol. The van der Waals surface area contributed by atoms with Gasteiger partial charge < -0.3 is 10.2 Å². The van der Waals surface area contributed by atoms with E-state index >= 15 is 0 Å². The quantitative estimate of drug-likeness (QED) is 0.782. The average Bonchev–Trinajstić information content (AvgIpc) is 2.39. The maximum atomic E-state index is 12.1. The molecule has 1 saturated heterocycles. The fourth-order valence-corrected chi connectivity index (χ4v) is 1.82. The molecule has 16 heavy (non-hydrogen) atoms. The van der Waals surface area contributed by atoms with Crippen LogP contribution in [0.15, 0.2) is 0 Å². The largest absolute Gasteiger partial charge is 0.401 e. The van der Waals surface area contributed by atoms with E-state index in [-0.39, 0.29) is 0 Å². The van der Waals surface area contributed by atoms with E-state index in [0.29, 0.717) is 13.1 Å². The molecule has 1 fully saturated rings. The molecule has 1 heterocycles. The van der Waals surface area contributed by atoms with Crippen molar-refractivity contribution < 1.29 is 13.2 Å². The van der Waals surface area contributed by atoms with E-state index in [1.807, 2.05) is 0 Å². The summed E-state index contributed by atoms with van der Waals surface area (Å²) in [6, 6.07) is 0. The zero-order chi connectivity index (χ0) is 12.0. The fourth-order valence-electron chi connectivity index (χ4n) is 1.82. The van der Waals surface area contributed by atoms with Gasteiger partial charge in [-0.3, -0.25) is 4.90 Å². The molecule has 0 atom stereocenters. The molecule has 1 aliphatic heterocycles. The van der Waals surface area contributed by atoms with Gasteiger partial charge in [-0.25, -0.2) is 0 Å². The molecule has 0 aliphatic carbocycles. The summed E-state index contributed by atoms with van der Waals surface area (Å²) in [7, 11) is 1.52. The van der Waals surface area contributed by atoms with E-state index in [0.717, 1.165) is 32.6 Å². The summed E-state index contributed by atoms with van der Waals surface area (Å²) in [5.41, 5.74) is 0. The lowest BCUT2D eigenvalue weighted by atomic mass is 10.4. The van der Waals surface area contributed by atoms with Crippen LogP contribution in [0.25, 0.3) is 0 Å². The van der Waals surface area contributed by atoms with Crippen LogP contribution in [0.4, 0.5) is 13.2 Å². The van der Waals surface area contributed by atoms with Gasteiger partial charge in [-0.15, -0.1) is 0 Å². The smallest absolute Gasteiger partial charge is 0.315 e. The molecular weight excluding hydrogens is 219 g/mol. The second-order valence-corrected chi connectivity index (χ2v) is 4.30. The first-order chi connectivity index (χ1) is 7.47. The minimum atomic E-state index is -4.09. The van der Waals surface area contributed by atoms with Crippen LogP contribution in [0.3, 0.4) is 0 Å². The third-order valence-corrected chi connectivity index (χ3v) is 2.68. The number of nitrogens with one attached hydrogen (secondary N) is 1. The maximum Gasteiger partial charge on any atom is 0.401 e. The molecule has 0 aromatic rings. The zero-order valence-electron chi connectivity index (χ0n) is 9.69. The van der Waals surface area contributed by atoms with E-state index < -0.39 is 12.7 Å². The minimum absolute atomic E-state index is 0.472. The number of halogens is 3. The van der Waals surface area contributed by atoms with Gasteiger partial charge in [0.2, 0.25) is 0 Å². The SMILES string of the molecule is CN(CCN1CCCNCC1)CC(F)(F)F. The van der Waals surface area contributed by atoms with E-state index in [9.17, 15) is 13.2 Å². The van der Waals surface area contributed by atoms with Gasteiger partial charge >= 0.3 is 6.18 Å². The van der Waals surface area contributed by atoms with Gasteiger partial charge in [0, 0.05) is 26.2 Å². The highest BCUT2D eigenvalue weighted by atomic mass is 19.4. The molecule has 6 heteroatoms. The van der Waals surface area contributed by atoms with Gasteiger partial charge in [-0.2, -0.15) is 13.2 Å². The van der Waals surface area contributed by atoms with Gasteiger partial charge in [-0.1, -0.05) is 0 Å². The Balaban J connectivity index is 2.17. The Morgan fingerprint density at radius 1 is 1.25 bits per heavy atom. The summed E-state index contributed by atoms with van der Waals surface area (Å²) < 4.78 is 36.2. The Hall–Kier alpha value is -0.330. The zero-order valence-corrected chi connectivity index (χ0v) is 9.69. The lowest BCUT2D eigenvalue weighted by Gasteiger charge is -2.24. The molecule has 0 amide bonds. The highest BCUT2D eigenvalue weighted by molar-refractivity contribution is 4.68. The second kappa shape index (κ2) is 6.42. The summed E-state index contributed by atoms with van der Waals surface area (Å²) in [5, 5.41) is 3.27. The van der Waals surface area contributed by atoms with Crippen molar-refractivity contribution in [3.63, 3.8) is 0 Å². The molecule has 0 aromatic heterocycles. The van der Waals surface area contributed by atoms with Crippen molar-refractivity contribution in [3.8, 4) is 0 Å². The Kier molecular flexibility index (Phi) is 5.51. The topological polar surface area (TPSA) is 18.5 Å².